The largest absolute Gasteiger partial charge is 0.418 e. The van der Waals surface area contributed by atoms with Gasteiger partial charge in [-0.2, -0.15) is 13.2 Å². The van der Waals surface area contributed by atoms with Crippen LogP contribution in [-0.2, 0) is 6.18 Å². The average molecular weight is 408 g/mol. The Bertz CT molecular complexity index is 1020. The average Bonchev–Trinajstić information content (AvgIpc) is 3.17. The number of amides is 2. The number of nitrogens with one attached hydrogen (secondary N) is 2. The summed E-state index contributed by atoms with van der Waals surface area (Å²) in [5, 5.41) is 6.08. The molecule has 1 aromatic heterocycles. The van der Waals surface area contributed by atoms with Gasteiger partial charge in [0.2, 0.25) is 0 Å². The van der Waals surface area contributed by atoms with Gasteiger partial charge in [-0.25, -0.2) is 4.39 Å². The highest BCUT2D eigenvalue weighted by Crippen LogP contribution is 2.37. The molecule has 1 heterocycles. The molecule has 3 rings (SSSR count). The van der Waals surface area contributed by atoms with Crippen LogP contribution in [0.15, 0.2) is 60.0 Å². The number of halogens is 4. The van der Waals surface area contributed by atoms with E-state index in [1.165, 1.54) is 30.3 Å². The number of hydrogen-bond acceptors (Lipinski definition) is 3. The Morgan fingerprint density at radius 3 is 2.29 bits per heavy atom. The lowest BCUT2D eigenvalue weighted by Gasteiger charge is -2.15. The molecule has 4 nitrogen and oxygen atoms in total. The van der Waals surface area contributed by atoms with Crippen molar-refractivity contribution in [2.45, 2.75) is 6.18 Å². The number of carbonyl (C=O) groups excluding carboxylic acids is 2. The first-order valence-corrected chi connectivity index (χ1v) is 8.75. The second-order valence-corrected chi connectivity index (χ2v) is 6.57. The molecule has 28 heavy (non-hydrogen) atoms. The monoisotopic (exact) mass is 408 g/mol. The number of thiophene rings is 1. The van der Waals surface area contributed by atoms with E-state index in [9.17, 15) is 27.2 Å². The van der Waals surface area contributed by atoms with E-state index in [-0.39, 0.29) is 16.1 Å². The van der Waals surface area contributed by atoms with E-state index in [1.807, 2.05) is 0 Å². The van der Waals surface area contributed by atoms with Gasteiger partial charge in [0.05, 0.1) is 21.7 Å². The third-order valence-corrected chi connectivity index (χ3v) is 4.56. The van der Waals surface area contributed by atoms with E-state index in [4.69, 9.17) is 0 Å². The van der Waals surface area contributed by atoms with Crippen molar-refractivity contribution in [3.05, 3.63) is 81.8 Å². The number of anilines is 2. The first-order chi connectivity index (χ1) is 13.3. The Morgan fingerprint density at radius 1 is 0.893 bits per heavy atom. The van der Waals surface area contributed by atoms with Crippen molar-refractivity contribution < 1.29 is 27.2 Å². The Labute approximate surface area is 160 Å². The van der Waals surface area contributed by atoms with Crippen LogP contribution in [0, 0.1) is 5.82 Å². The highest BCUT2D eigenvalue weighted by atomic mass is 32.1. The predicted octanol–water partition coefficient (Wildman–Crippen LogP) is 5.41. The maximum Gasteiger partial charge on any atom is 0.418 e. The third kappa shape index (κ3) is 4.37. The van der Waals surface area contributed by atoms with Crippen molar-refractivity contribution in [2.75, 3.05) is 10.6 Å². The van der Waals surface area contributed by atoms with Gasteiger partial charge in [-0.05, 0) is 41.8 Å². The molecule has 0 spiro atoms. The van der Waals surface area contributed by atoms with Gasteiger partial charge in [-0.15, -0.1) is 11.3 Å². The summed E-state index contributed by atoms with van der Waals surface area (Å²) in [6.07, 6.45) is -4.78. The van der Waals surface area contributed by atoms with Crippen LogP contribution in [0.3, 0.4) is 0 Å². The minimum Gasteiger partial charge on any atom is -0.322 e. The second-order valence-electron chi connectivity index (χ2n) is 5.62. The van der Waals surface area contributed by atoms with Crippen LogP contribution in [0.2, 0.25) is 0 Å². The summed E-state index contributed by atoms with van der Waals surface area (Å²) < 4.78 is 53.9. The number of hydrogen-bond donors (Lipinski definition) is 2. The van der Waals surface area contributed by atoms with Crippen molar-refractivity contribution in [3.8, 4) is 0 Å². The van der Waals surface area contributed by atoms with Crippen molar-refractivity contribution in [1.82, 2.24) is 0 Å². The lowest BCUT2D eigenvalue weighted by molar-refractivity contribution is -0.136. The summed E-state index contributed by atoms with van der Waals surface area (Å²) in [5.74, 6) is -2.36. The summed E-state index contributed by atoms with van der Waals surface area (Å²) in [4.78, 5) is 24.4. The maximum atomic E-state index is 13.7. The summed E-state index contributed by atoms with van der Waals surface area (Å²) in [7, 11) is 0. The molecule has 2 N–H and O–H groups in total. The van der Waals surface area contributed by atoms with Crippen LogP contribution < -0.4 is 10.6 Å². The highest BCUT2D eigenvalue weighted by Gasteiger charge is 2.34. The molecule has 0 aliphatic rings. The van der Waals surface area contributed by atoms with Gasteiger partial charge in [0.1, 0.15) is 5.82 Å². The number of rotatable bonds is 4. The molecule has 2 amide bonds. The topological polar surface area (TPSA) is 58.2 Å². The molecule has 0 aliphatic heterocycles. The predicted molar refractivity (Wildman–Crippen MR) is 98.1 cm³/mol. The fourth-order valence-corrected chi connectivity index (χ4v) is 3.02. The molecule has 2 aromatic carbocycles. The van der Waals surface area contributed by atoms with Gasteiger partial charge < -0.3 is 10.6 Å². The van der Waals surface area contributed by atoms with Gasteiger partial charge in [-0.3, -0.25) is 9.59 Å². The lowest BCUT2D eigenvalue weighted by atomic mass is 10.1. The maximum absolute atomic E-state index is 13.7. The Balaban J connectivity index is 1.87. The van der Waals surface area contributed by atoms with E-state index in [1.54, 1.807) is 11.4 Å². The van der Waals surface area contributed by atoms with Gasteiger partial charge >= 0.3 is 6.18 Å². The Kier molecular flexibility index (Phi) is 5.46. The Hall–Kier alpha value is -3.20. The van der Waals surface area contributed by atoms with Crippen LogP contribution in [-0.4, -0.2) is 11.8 Å². The van der Waals surface area contributed by atoms with Crippen LogP contribution in [0.1, 0.15) is 25.6 Å². The smallest absolute Gasteiger partial charge is 0.322 e. The Morgan fingerprint density at radius 2 is 1.64 bits per heavy atom. The summed E-state index contributed by atoms with van der Waals surface area (Å²) >= 11 is 1.09. The SMILES string of the molecule is O=C(Nc1ccc(NC(=O)c2ccccc2F)cc1C(F)(F)F)c1cccs1. The van der Waals surface area contributed by atoms with Gasteiger partial charge in [-0.1, -0.05) is 18.2 Å². The first-order valence-electron chi connectivity index (χ1n) is 7.87. The van der Waals surface area contributed by atoms with Crippen molar-refractivity contribution in [2.24, 2.45) is 0 Å². The lowest BCUT2D eigenvalue weighted by Crippen LogP contribution is -2.18. The van der Waals surface area contributed by atoms with E-state index in [2.05, 4.69) is 10.6 Å². The molecule has 0 bridgehead atoms. The summed E-state index contributed by atoms with van der Waals surface area (Å²) in [6.45, 7) is 0. The fourth-order valence-electron chi connectivity index (χ4n) is 2.40. The highest BCUT2D eigenvalue weighted by molar-refractivity contribution is 7.12. The fraction of sp³-hybridized carbons (Fsp3) is 0.0526. The molecule has 0 atom stereocenters. The van der Waals surface area contributed by atoms with Crippen LogP contribution in [0.5, 0.6) is 0 Å². The van der Waals surface area contributed by atoms with E-state index < -0.39 is 35.1 Å². The third-order valence-electron chi connectivity index (χ3n) is 3.69. The summed E-state index contributed by atoms with van der Waals surface area (Å²) in [6, 6.07) is 11.1. The minimum atomic E-state index is -4.78. The normalized spacial score (nSPS) is 11.1. The van der Waals surface area contributed by atoms with Crippen molar-refractivity contribution in [3.63, 3.8) is 0 Å². The number of alkyl halides is 3. The molecule has 0 aliphatic carbocycles. The molecule has 3 aromatic rings. The summed E-state index contributed by atoms with van der Waals surface area (Å²) in [5.41, 5.74) is -2.07. The molecule has 0 unspecified atom stereocenters. The van der Waals surface area contributed by atoms with Gasteiger partial charge in [0.25, 0.3) is 11.8 Å². The minimum absolute atomic E-state index is 0.185. The van der Waals surface area contributed by atoms with Crippen LogP contribution >= 0.6 is 11.3 Å². The molecule has 0 radical (unpaired) electrons. The molecular formula is C19H12F4N2O2S. The molecule has 0 saturated carbocycles. The van der Waals surface area contributed by atoms with Gasteiger partial charge in [0, 0.05) is 5.69 Å². The molecule has 144 valence electrons. The zero-order chi connectivity index (χ0) is 20.3. The zero-order valence-electron chi connectivity index (χ0n) is 14.0. The molecular weight excluding hydrogens is 396 g/mol. The molecule has 0 saturated heterocycles. The quantitative estimate of drug-likeness (QED) is 0.567. The number of carbonyl (C=O) groups is 2. The van der Waals surface area contributed by atoms with E-state index in [0.29, 0.717) is 6.07 Å². The van der Waals surface area contributed by atoms with E-state index in [0.717, 1.165) is 23.5 Å². The molecule has 9 heteroatoms. The second kappa shape index (κ2) is 7.81. The van der Waals surface area contributed by atoms with Gasteiger partial charge in [0.15, 0.2) is 0 Å². The first kappa shape index (κ1) is 19.6. The number of benzene rings is 2. The molecule has 0 fully saturated rings. The van der Waals surface area contributed by atoms with Crippen LogP contribution in [0.4, 0.5) is 28.9 Å². The van der Waals surface area contributed by atoms with E-state index >= 15 is 0 Å². The van der Waals surface area contributed by atoms with Crippen molar-refractivity contribution in [1.29, 1.82) is 0 Å². The standard InChI is InChI=1S/C19H12F4N2O2S/c20-14-5-2-1-4-12(14)17(26)24-11-7-8-15(13(10-11)19(21,22)23)25-18(27)16-6-3-9-28-16/h1-10H,(H,24,26)(H,25,27). The van der Waals surface area contributed by atoms with Crippen LogP contribution in [0.25, 0.3) is 0 Å². The van der Waals surface area contributed by atoms with Crippen molar-refractivity contribution >= 4 is 34.5 Å². The zero-order valence-corrected chi connectivity index (χ0v) is 14.8.